The maximum Gasteiger partial charge on any atom is 0.229 e. The van der Waals surface area contributed by atoms with E-state index in [2.05, 4.69) is 80.7 Å². The van der Waals surface area contributed by atoms with Crippen molar-refractivity contribution in [2.75, 3.05) is 0 Å². The van der Waals surface area contributed by atoms with E-state index >= 15 is 0 Å². The first kappa shape index (κ1) is 19.3. The van der Waals surface area contributed by atoms with Gasteiger partial charge in [-0.2, -0.15) is 0 Å². The molecule has 0 amide bonds. The van der Waals surface area contributed by atoms with Crippen molar-refractivity contribution in [3.05, 3.63) is 82.8 Å². The fourth-order valence-corrected chi connectivity index (χ4v) is 4.58. The molecule has 0 bridgehead atoms. The quantitative estimate of drug-likeness (QED) is 0.220. The first-order chi connectivity index (χ1) is 14.9. The Hall–Kier alpha value is -3.64. The molecule has 0 unspecified atom stereocenters. The molecule has 2 aromatic heterocycles. The zero-order chi connectivity index (χ0) is 21.9. The number of fused-ring (bicyclic) bond motifs is 4. The van der Waals surface area contributed by atoms with E-state index < -0.39 is 0 Å². The number of furan rings is 1. The number of hydrogen-bond donors (Lipinski definition) is 0. The Morgan fingerprint density at radius 2 is 1.74 bits per heavy atom. The number of hydrogen-bond acceptors (Lipinski definition) is 1. The van der Waals surface area contributed by atoms with Gasteiger partial charge in [-0.15, -0.1) is 0 Å². The highest BCUT2D eigenvalue weighted by molar-refractivity contribution is 6.14. The second-order valence-corrected chi connectivity index (χ2v) is 8.71. The predicted molar refractivity (Wildman–Crippen MR) is 128 cm³/mol. The minimum atomic E-state index is 0.483. The van der Waals surface area contributed by atoms with Gasteiger partial charge in [-0.1, -0.05) is 44.2 Å². The van der Waals surface area contributed by atoms with Crippen LogP contribution in [0.5, 0.6) is 0 Å². The maximum absolute atomic E-state index is 7.56. The summed E-state index contributed by atoms with van der Waals surface area (Å²) in [6, 6.07) is 16.9. The third-order valence-corrected chi connectivity index (χ3v) is 6.47. The molecule has 5 rings (SSSR count). The van der Waals surface area contributed by atoms with Crippen LogP contribution in [0, 0.1) is 20.4 Å². The van der Waals surface area contributed by atoms with E-state index in [9.17, 15) is 0 Å². The number of pyridine rings is 1. The van der Waals surface area contributed by atoms with Crippen LogP contribution in [-0.2, 0) is 7.05 Å². The number of aromatic nitrogens is 1. The maximum atomic E-state index is 7.56. The molecular weight excluding hydrogens is 380 g/mol. The number of nitrogens with zero attached hydrogens (tertiary/aromatic N) is 2. The summed E-state index contributed by atoms with van der Waals surface area (Å²) in [6.07, 6.45) is 2.13. The fraction of sp³-hybridized carbons (Fsp3) is 0.214. The molecule has 0 saturated carbocycles. The summed E-state index contributed by atoms with van der Waals surface area (Å²) < 4.78 is 8.62. The first-order valence-electron chi connectivity index (χ1n) is 10.7. The Kier molecular flexibility index (Phi) is 4.34. The standard InChI is InChI=1S/C28H25N2O/c1-16(2)19-10-11-21-20(15-19)12-13-30(6)26(21)25-18(4)17(3)14-23-22-8-7-9-24(29-5)27(22)31-28(23)25/h7-16H,1-4,6H3/q+1. The van der Waals surface area contributed by atoms with Crippen molar-refractivity contribution < 1.29 is 8.98 Å². The summed E-state index contributed by atoms with van der Waals surface area (Å²) in [7, 11) is 2.09. The number of benzene rings is 3. The van der Waals surface area contributed by atoms with Crippen LogP contribution in [0.1, 0.15) is 36.5 Å². The number of rotatable bonds is 2. The average molecular weight is 406 g/mol. The third-order valence-electron chi connectivity index (χ3n) is 6.47. The van der Waals surface area contributed by atoms with Crippen molar-refractivity contribution in [1.82, 2.24) is 0 Å². The molecule has 0 N–H and O–H groups in total. The lowest BCUT2D eigenvalue weighted by Crippen LogP contribution is -2.31. The fourth-order valence-electron chi connectivity index (χ4n) is 4.58. The SMILES string of the molecule is [C-]#[N+]c1cccc2c1oc1c(-c3c4ccc(C(C)C)cc4cc[n+]3C)c(C)c(C)cc12. The molecule has 0 spiro atoms. The monoisotopic (exact) mass is 405 g/mol. The van der Waals surface area contributed by atoms with Crippen molar-refractivity contribution in [2.45, 2.75) is 33.6 Å². The van der Waals surface area contributed by atoms with Crippen molar-refractivity contribution >= 4 is 38.4 Å². The third kappa shape index (κ3) is 2.83. The van der Waals surface area contributed by atoms with Crippen molar-refractivity contribution in [3.63, 3.8) is 0 Å². The molecule has 0 saturated heterocycles. The van der Waals surface area contributed by atoms with Gasteiger partial charge in [-0.25, -0.2) is 9.41 Å². The highest BCUT2D eigenvalue weighted by Gasteiger charge is 2.25. The average Bonchev–Trinajstić information content (AvgIpc) is 3.13. The lowest BCUT2D eigenvalue weighted by Gasteiger charge is -2.12. The van der Waals surface area contributed by atoms with E-state index in [1.165, 1.54) is 27.5 Å². The lowest BCUT2D eigenvalue weighted by atomic mass is 9.92. The molecule has 0 atom stereocenters. The van der Waals surface area contributed by atoms with E-state index in [-0.39, 0.29) is 0 Å². The van der Waals surface area contributed by atoms with Crippen LogP contribution in [0.15, 0.2) is 59.1 Å². The predicted octanol–water partition coefficient (Wildman–Crippen LogP) is 7.52. The van der Waals surface area contributed by atoms with Gasteiger partial charge in [0.2, 0.25) is 11.4 Å². The van der Waals surface area contributed by atoms with E-state index in [4.69, 9.17) is 11.0 Å². The molecule has 31 heavy (non-hydrogen) atoms. The Bertz CT molecular complexity index is 1550. The molecule has 3 aromatic carbocycles. The molecule has 3 heteroatoms. The van der Waals surface area contributed by atoms with Gasteiger partial charge in [0.1, 0.15) is 18.2 Å². The molecule has 0 aliphatic rings. The number of aryl methyl sites for hydroxylation is 2. The molecule has 0 aliphatic heterocycles. The molecule has 5 aromatic rings. The van der Waals surface area contributed by atoms with Crippen LogP contribution >= 0.6 is 0 Å². The topological polar surface area (TPSA) is 21.4 Å². The van der Waals surface area contributed by atoms with Gasteiger partial charge in [0.15, 0.2) is 6.20 Å². The van der Waals surface area contributed by atoms with E-state index in [0.29, 0.717) is 17.2 Å². The smallest absolute Gasteiger partial charge is 0.229 e. The molecular formula is C28H25N2O+. The van der Waals surface area contributed by atoms with Gasteiger partial charge >= 0.3 is 0 Å². The lowest BCUT2D eigenvalue weighted by molar-refractivity contribution is -0.659. The summed E-state index contributed by atoms with van der Waals surface area (Å²) >= 11 is 0. The van der Waals surface area contributed by atoms with Gasteiger partial charge < -0.3 is 4.42 Å². The largest absolute Gasteiger partial charge is 0.466 e. The van der Waals surface area contributed by atoms with Gasteiger partial charge in [-0.05, 0) is 54.0 Å². The Balaban J connectivity index is 1.95. The van der Waals surface area contributed by atoms with Crippen LogP contribution in [0.25, 0.3) is 48.8 Å². The van der Waals surface area contributed by atoms with Crippen molar-refractivity contribution in [3.8, 4) is 11.3 Å². The van der Waals surface area contributed by atoms with Crippen LogP contribution in [0.2, 0.25) is 0 Å². The van der Waals surface area contributed by atoms with Crippen molar-refractivity contribution in [1.29, 1.82) is 0 Å². The summed E-state index contributed by atoms with van der Waals surface area (Å²) in [5.74, 6) is 0.483. The van der Waals surface area contributed by atoms with Gasteiger partial charge in [0, 0.05) is 16.8 Å². The second-order valence-electron chi connectivity index (χ2n) is 8.71. The van der Waals surface area contributed by atoms with Crippen LogP contribution < -0.4 is 4.57 Å². The zero-order valence-corrected chi connectivity index (χ0v) is 18.6. The minimum Gasteiger partial charge on any atom is -0.466 e. The van der Waals surface area contributed by atoms with Crippen LogP contribution in [-0.4, -0.2) is 0 Å². The molecule has 0 aliphatic carbocycles. The summed E-state index contributed by atoms with van der Waals surface area (Å²) in [4.78, 5) is 3.69. The number of para-hydroxylation sites is 1. The highest BCUT2D eigenvalue weighted by Crippen LogP contribution is 2.42. The van der Waals surface area contributed by atoms with Crippen molar-refractivity contribution in [2.24, 2.45) is 7.05 Å². The van der Waals surface area contributed by atoms with Crippen LogP contribution in [0.4, 0.5) is 5.69 Å². The molecule has 152 valence electrons. The summed E-state index contributed by atoms with van der Waals surface area (Å²) in [5, 5.41) is 4.49. The Morgan fingerprint density at radius 3 is 2.48 bits per heavy atom. The normalized spacial score (nSPS) is 11.6. The van der Waals surface area contributed by atoms with Gasteiger partial charge in [-0.3, -0.25) is 0 Å². The Labute approximate surface area is 182 Å². The Morgan fingerprint density at radius 1 is 0.935 bits per heavy atom. The zero-order valence-electron chi connectivity index (χ0n) is 18.6. The first-order valence-corrected chi connectivity index (χ1v) is 10.7. The summed E-state index contributed by atoms with van der Waals surface area (Å²) in [6.45, 7) is 16.3. The molecule has 0 fully saturated rings. The highest BCUT2D eigenvalue weighted by atomic mass is 16.3. The molecule has 3 nitrogen and oxygen atoms in total. The second kappa shape index (κ2) is 6.96. The summed E-state index contributed by atoms with van der Waals surface area (Å²) in [5.41, 5.74) is 8.08. The molecule has 2 heterocycles. The van der Waals surface area contributed by atoms with Crippen LogP contribution in [0.3, 0.4) is 0 Å². The van der Waals surface area contributed by atoms with E-state index in [1.54, 1.807) is 0 Å². The molecule has 0 radical (unpaired) electrons. The minimum absolute atomic E-state index is 0.483. The van der Waals surface area contributed by atoms with Gasteiger partial charge in [0.25, 0.3) is 0 Å². The van der Waals surface area contributed by atoms with E-state index in [1.807, 2.05) is 18.2 Å². The van der Waals surface area contributed by atoms with Gasteiger partial charge in [0.05, 0.1) is 17.5 Å². The van der Waals surface area contributed by atoms with E-state index in [0.717, 1.165) is 27.6 Å².